The van der Waals surface area contributed by atoms with Crippen LogP contribution in [0.4, 0.5) is 0 Å². The second-order valence-corrected chi connectivity index (χ2v) is 19.8. The van der Waals surface area contributed by atoms with Crippen LogP contribution < -0.4 is 0 Å². The van der Waals surface area contributed by atoms with Crippen molar-refractivity contribution >= 4 is 17.9 Å². The van der Waals surface area contributed by atoms with Crippen LogP contribution in [-0.4, -0.2) is 37.2 Å². The van der Waals surface area contributed by atoms with E-state index in [2.05, 4.69) is 34.6 Å². The molecule has 0 fully saturated rings. The molecule has 1 atom stereocenters. The van der Waals surface area contributed by atoms with Gasteiger partial charge >= 0.3 is 17.9 Å². The zero-order chi connectivity index (χ0) is 44.7. The van der Waals surface area contributed by atoms with Gasteiger partial charge in [0, 0.05) is 19.3 Å². The molecule has 0 amide bonds. The largest absolute Gasteiger partial charge is 0.462 e. The first-order valence-corrected chi connectivity index (χ1v) is 27.2. The molecule has 0 aromatic heterocycles. The van der Waals surface area contributed by atoms with Crippen LogP contribution in [0.15, 0.2) is 0 Å². The first kappa shape index (κ1) is 59.4. The highest BCUT2D eigenvalue weighted by Crippen LogP contribution is 2.18. The van der Waals surface area contributed by atoms with Crippen LogP contribution in [0.5, 0.6) is 0 Å². The number of unbranched alkanes of at least 4 members (excludes halogenated alkanes) is 34. The third-order valence-electron chi connectivity index (χ3n) is 12.5. The molecule has 0 saturated carbocycles. The van der Waals surface area contributed by atoms with E-state index in [0.717, 1.165) is 69.6 Å². The van der Waals surface area contributed by atoms with Crippen molar-refractivity contribution in [3.05, 3.63) is 0 Å². The lowest BCUT2D eigenvalue weighted by Gasteiger charge is -2.18. The Morgan fingerprint density at radius 2 is 0.541 bits per heavy atom. The molecular formula is C55H106O6. The summed E-state index contributed by atoms with van der Waals surface area (Å²) >= 11 is 0. The first-order chi connectivity index (χ1) is 29.7. The van der Waals surface area contributed by atoms with Crippen LogP contribution >= 0.6 is 0 Å². The molecule has 0 spiro atoms. The molecule has 0 N–H and O–H groups in total. The predicted octanol–water partition coefficient (Wildman–Crippen LogP) is 17.7. The molecule has 0 aliphatic carbocycles. The Balaban J connectivity index is 4.31. The lowest BCUT2D eigenvalue weighted by Crippen LogP contribution is -2.30. The van der Waals surface area contributed by atoms with Crippen molar-refractivity contribution in [3.8, 4) is 0 Å². The van der Waals surface area contributed by atoms with E-state index in [4.69, 9.17) is 14.2 Å². The number of ether oxygens (including phenoxy) is 3. The lowest BCUT2D eigenvalue weighted by atomic mass is 10.0. The number of hydrogen-bond acceptors (Lipinski definition) is 6. The van der Waals surface area contributed by atoms with Crippen molar-refractivity contribution < 1.29 is 28.6 Å². The van der Waals surface area contributed by atoms with Crippen LogP contribution in [0.25, 0.3) is 0 Å². The summed E-state index contributed by atoms with van der Waals surface area (Å²) < 4.78 is 16.8. The van der Waals surface area contributed by atoms with E-state index in [1.165, 1.54) is 193 Å². The Kier molecular flexibility index (Phi) is 46.6. The molecule has 0 radical (unpaired) electrons. The molecule has 0 heterocycles. The summed E-state index contributed by atoms with van der Waals surface area (Å²) in [5.41, 5.74) is 0. The number of esters is 3. The maximum Gasteiger partial charge on any atom is 0.306 e. The van der Waals surface area contributed by atoms with E-state index >= 15 is 0 Å². The normalized spacial score (nSPS) is 12.0. The molecule has 0 unspecified atom stereocenters. The molecule has 0 rings (SSSR count). The van der Waals surface area contributed by atoms with Crippen LogP contribution in [0, 0.1) is 11.8 Å². The molecule has 6 heteroatoms. The SMILES string of the molecule is CCCCCCCCCCCCCCCC(=O)OC[C@H](COC(=O)CCCCCCCCCCCCCC(C)C)OC(=O)CCCCCCCCCCCCCCCC(C)C. The quantitative estimate of drug-likeness (QED) is 0.0344. The zero-order valence-electron chi connectivity index (χ0n) is 41.8. The Bertz CT molecular complexity index is 931. The standard InChI is InChI=1S/C55H106O6/c1-6-7-8-9-10-11-12-14-20-25-30-35-40-45-53(56)59-48-52(49-60-54(57)46-41-36-31-26-22-17-19-24-29-34-39-44-51(4)5)61-55(58)47-42-37-32-27-21-16-13-15-18-23-28-33-38-43-50(2)3/h50-52H,6-49H2,1-5H3/t52-/m1/s1. The summed E-state index contributed by atoms with van der Waals surface area (Å²) in [6, 6.07) is 0. The Morgan fingerprint density at radius 3 is 0.803 bits per heavy atom. The van der Waals surface area contributed by atoms with Gasteiger partial charge in [-0.25, -0.2) is 0 Å². The monoisotopic (exact) mass is 863 g/mol. The fourth-order valence-corrected chi connectivity index (χ4v) is 8.34. The number of rotatable bonds is 49. The highest BCUT2D eigenvalue weighted by atomic mass is 16.6. The third kappa shape index (κ3) is 49.3. The van der Waals surface area contributed by atoms with E-state index in [9.17, 15) is 14.4 Å². The molecule has 0 saturated heterocycles. The van der Waals surface area contributed by atoms with Gasteiger partial charge in [-0.1, -0.05) is 266 Å². The average molecular weight is 863 g/mol. The molecule has 61 heavy (non-hydrogen) atoms. The van der Waals surface area contributed by atoms with E-state index in [1.54, 1.807) is 0 Å². The fourth-order valence-electron chi connectivity index (χ4n) is 8.34. The summed E-state index contributed by atoms with van der Waals surface area (Å²) in [4.78, 5) is 38.0. The number of hydrogen-bond donors (Lipinski definition) is 0. The molecule has 0 aliphatic heterocycles. The number of carbonyl (C=O) groups excluding carboxylic acids is 3. The van der Waals surface area contributed by atoms with Gasteiger partial charge < -0.3 is 14.2 Å². The molecular weight excluding hydrogens is 757 g/mol. The topological polar surface area (TPSA) is 78.9 Å². The van der Waals surface area contributed by atoms with Gasteiger partial charge in [0.05, 0.1) is 0 Å². The minimum absolute atomic E-state index is 0.0631. The second-order valence-electron chi connectivity index (χ2n) is 19.8. The van der Waals surface area contributed by atoms with Gasteiger partial charge in [0.25, 0.3) is 0 Å². The van der Waals surface area contributed by atoms with Crippen LogP contribution in [0.3, 0.4) is 0 Å². The minimum Gasteiger partial charge on any atom is -0.462 e. The maximum absolute atomic E-state index is 12.8. The van der Waals surface area contributed by atoms with Crippen molar-refractivity contribution in [1.29, 1.82) is 0 Å². The van der Waals surface area contributed by atoms with Crippen LogP contribution in [0.1, 0.15) is 304 Å². The van der Waals surface area contributed by atoms with Crippen molar-refractivity contribution in [2.75, 3.05) is 13.2 Å². The molecule has 0 aliphatic rings. The zero-order valence-corrected chi connectivity index (χ0v) is 41.8. The van der Waals surface area contributed by atoms with E-state index in [1.807, 2.05) is 0 Å². The van der Waals surface area contributed by atoms with E-state index < -0.39 is 6.10 Å². The smallest absolute Gasteiger partial charge is 0.306 e. The van der Waals surface area contributed by atoms with Gasteiger partial charge in [0.2, 0.25) is 0 Å². The van der Waals surface area contributed by atoms with Crippen molar-refractivity contribution in [1.82, 2.24) is 0 Å². The van der Waals surface area contributed by atoms with Gasteiger partial charge in [-0.3, -0.25) is 14.4 Å². The Hall–Kier alpha value is -1.59. The Labute approximate surface area is 380 Å². The molecule has 0 aromatic rings. The second kappa shape index (κ2) is 47.9. The highest BCUT2D eigenvalue weighted by Gasteiger charge is 2.19. The summed E-state index contributed by atoms with van der Waals surface area (Å²) in [6.45, 7) is 11.4. The molecule has 6 nitrogen and oxygen atoms in total. The first-order valence-electron chi connectivity index (χ1n) is 27.2. The molecule has 362 valence electrons. The summed E-state index contributed by atoms with van der Waals surface area (Å²) in [6.07, 6.45) is 49.4. The fraction of sp³-hybridized carbons (Fsp3) is 0.945. The van der Waals surface area contributed by atoms with Gasteiger partial charge in [0.1, 0.15) is 13.2 Å². The van der Waals surface area contributed by atoms with Gasteiger partial charge in [-0.15, -0.1) is 0 Å². The van der Waals surface area contributed by atoms with E-state index in [0.29, 0.717) is 19.3 Å². The highest BCUT2D eigenvalue weighted by molar-refractivity contribution is 5.71. The lowest BCUT2D eigenvalue weighted by molar-refractivity contribution is -0.167. The van der Waals surface area contributed by atoms with Crippen molar-refractivity contribution in [2.24, 2.45) is 11.8 Å². The van der Waals surface area contributed by atoms with Gasteiger partial charge in [-0.05, 0) is 31.1 Å². The van der Waals surface area contributed by atoms with E-state index in [-0.39, 0.29) is 31.1 Å². The Morgan fingerprint density at radius 1 is 0.311 bits per heavy atom. The average Bonchev–Trinajstić information content (AvgIpc) is 3.23. The molecule has 0 bridgehead atoms. The van der Waals surface area contributed by atoms with Crippen LogP contribution in [0.2, 0.25) is 0 Å². The summed E-state index contributed by atoms with van der Waals surface area (Å²) in [7, 11) is 0. The minimum atomic E-state index is -0.762. The number of carbonyl (C=O) groups is 3. The summed E-state index contributed by atoms with van der Waals surface area (Å²) in [5, 5.41) is 0. The molecule has 0 aromatic carbocycles. The van der Waals surface area contributed by atoms with Gasteiger partial charge in [0.15, 0.2) is 6.10 Å². The maximum atomic E-state index is 12.8. The van der Waals surface area contributed by atoms with Gasteiger partial charge in [-0.2, -0.15) is 0 Å². The summed E-state index contributed by atoms with van der Waals surface area (Å²) in [5.74, 6) is 0.821. The van der Waals surface area contributed by atoms with Crippen molar-refractivity contribution in [3.63, 3.8) is 0 Å². The third-order valence-corrected chi connectivity index (χ3v) is 12.5. The van der Waals surface area contributed by atoms with Crippen molar-refractivity contribution in [2.45, 2.75) is 310 Å². The van der Waals surface area contributed by atoms with Crippen LogP contribution in [-0.2, 0) is 28.6 Å². The predicted molar refractivity (Wildman–Crippen MR) is 261 cm³/mol.